The number of halogens is 3. The second kappa shape index (κ2) is 10.2. The Kier molecular flexibility index (Phi) is 8.19. The van der Waals surface area contributed by atoms with Crippen LogP contribution in [0.1, 0.15) is 22.8 Å². The predicted octanol–water partition coefficient (Wildman–Crippen LogP) is 4.81. The van der Waals surface area contributed by atoms with Crippen molar-refractivity contribution >= 4 is 63.7 Å². The SMILES string of the molecule is CCOc1ccc(NC(=S)N[C@H](NC(=O)c2ccc(C)cc2)C(Cl)(Cl)Cl)cc1. The first kappa shape index (κ1) is 22.6. The Morgan fingerprint density at radius 1 is 1.07 bits per heavy atom. The zero-order chi connectivity index (χ0) is 20.7. The van der Waals surface area contributed by atoms with E-state index in [-0.39, 0.29) is 5.11 Å². The molecule has 150 valence electrons. The van der Waals surface area contributed by atoms with Gasteiger partial charge < -0.3 is 20.7 Å². The molecule has 0 radical (unpaired) electrons. The van der Waals surface area contributed by atoms with Crippen LogP contribution in [0.25, 0.3) is 0 Å². The molecule has 1 atom stereocenters. The molecule has 2 aromatic carbocycles. The monoisotopic (exact) mass is 459 g/mol. The summed E-state index contributed by atoms with van der Waals surface area (Å²) < 4.78 is 3.56. The molecular weight excluding hydrogens is 441 g/mol. The van der Waals surface area contributed by atoms with E-state index in [4.69, 9.17) is 51.8 Å². The highest BCUT2D eigenvalue weighted by Gasteiger charge is 2.34. The number of carbonyl (C=O) groups excluding carboxylic acids is 1. The van der Waals surface area contributed by atoms with E-state index in [9.17, 15) is 4.79 Å². The highest BCUT2D eigenvalue weighted by Crippen LogP contribution is 2.29. The highest BCUT2D eigenvalue weighted by atomic mass is 35.6. The summed E-state index contributed by atoms with van der Waals surface area (Å²) in [6, 6.07) is 14.2. The molecule has 0 aromatic heterocycles. The van der Waals surface area contributed by atoms with Crippen molar-refractivity contribution in [3.05, 3.63) is 59.7 Å². The minimum atomic E-state index is -1.83. The van der Waals surface area contributed by atoms with E-state index in [0.717, 1.165) is 11.3 Å². The Bertz CT molecular complexity index is 809. The van der Waals surface area contributed by atoms with E-state index in [1.54, 1.807) is 36.4 Å². The number of alkyl halides is 3. The van der Waals surface area contributed by atoms with Crippen LogP contribution in [-0.2, 0) is 0 Å². The fraction of sp³-hybridized carbons (Fsp3) is 0.263. The molecule has 0 saturated heterocycles. The van der Waals surface area contributed by atoms with Gasteiger partial charge in [-0.3, -0.25) is 4.79 Å². The predicted molar refractivity (Wildman–Crippen MR) is 120 cm³/mol. The Hall–Kier alpha value is -1.73. The average molecular weight is 461 g/mol. The molecule has 1 amide bonds. The molecule has 2 aromatic rings. The summed E-state index contributed by atoms with van der Waals surface area (Å²) in [7, 11) is 0. The van der Waals surface area contributed by atoms with Gasteiger partial charge in [-0.05, 0) is 62.5 Å². The Morgan fingerprint density at radius 3 is 2.21 bits per heavy atom. The summed E-state index contributed by atoms with van der Waals surface area (Å²) in [4.78, 5) is 12.4. The van der Waals surface area contributed by atoms with Gasteiger partial charge in [0.05, 0.1) is 6.61 Å². The summed E-state index contributed by atoms with van der Waals surface area (Å²) in [5.74, 6) is 0.351. The van der Waals surface area contributed by atoms with E-state index >= 15 is 0 Å². The van der Waals surface area contributed by atoms with Crippen LogP contribution in [-0.4, -0.2) is 27.6 Å². The third-order valence-electron chi connectivity index (χ3n) is 3.62. The second-order valence-corrected chi connectivity index (χ2v) is 8.65. The summed E-state index contributed by atoms with van der Waals surface area (Å²) >= 11 is 23.3. The van der Waals surface area contributed by atoms with E-state index in [1.807, 2.05) is 26.0 Å². The Morgan fingerprint density at radius 2 is 1.68 bits per heavy atom. The zero-order valence-electron chi connectivity index (χ0n) is 15.3. The zero-order valence-corrected chi connectivity index (χ0v) is 18.3. The summed E-state index contributed by atoms with van der Waals surface area (Å²) in [6.07, 6.45) is -1.05. The van der Waals surface area contributed by atoms with Crippen molar-refractivity contribution in [2.75, 3.05) is 11.9 Å². The van der Waals surface area contributed by atoms with Crippen molar-refractivity contribution in [3.63, 3.8) is 0 Å². The third kappa shape index (κ3) is 7.02. The number of rotatable bonds is 6. The van der Waals surface area contributed by atoms with Gasteiger partial charge in [0.2, 0.25) is 3.79 Å². The maximum atomic E-state index is 12.4. The van der Waals surface area contributed by atoms with Gasteiger partial charge in [0.15, 0.2) is 5.11 Å². The van der Waals surface area contributed by atoms with Crippen LogP contribution in [0.3, 0.4) is 0 Å². The summed E-state index contributed by atoms with van der Waals surface area (Å²) in [6.45, 7) is 4.42. The standard InChI is InChI=1S/C19H20Cl3N3O2S/c1-3-27-15-10-8-14(9-11-15)23-18(28)25-17(19(20,21)22)24-16(26)13-6-4-12(2)5-7-13/h4-11,17H,3H2,1-2H3,(H,24,26)(H2,23,25,28)/t17-/m0/s1. The van der Waals surface area contributed by atoms with Crippen LogP contribution in [0.5, 0.6) is 5.75 Å². The molecule has 0 fully saturated rings. The molecule has 3 N–H and O–H groups in total. The molecule has 0 unspecified atom stereocenters. The third-order valence-corrected chi connectivity index (χ3v) is 4.49. The molecule has 0 bridgehead atoms. The number of aryl methyl sites for hydroxylation is 1. The molecule has 0 aliphatic carbocycles. The molecular formula is C19H20Cl3N3O2S. The Balaban J connectivity index is 2.01. The maximum absolute atomic E-state index is 12.4. The maximum Gasteiger partial charge on any atom is 0.252 e. The molecule has 5 nitrogen and oxygen atoms in total. The molecule has 2 rings (SSSR count). The van der Waals surface area contributed by atoms with Crippen LogP contribution < -0.4 is 20.7 Å². The van der Waals surface area contributed by atoms with E-state index in [2.05, 4.69) is 16.0 Å². The van der Waals surface area contributed by atoms with Crippen molar-refractivity contribution < 1.29 is 9.53 Å². The number of ether oxygens (including phenoxy) is 1. The molecule has 0 aliphatic heterocycles. The molecule has 28 heavy (non-hydrogen) atoms. The number of hydrogen-bond donors (Lipinski definition) is 3. The number of carbonyl (C=O) groups is 1. The van der Waals surface area contributed by atoms with Gasteiger partial charge in [0.25, 0.3) is 5.91 Å². The lowest BCUT2D eigenvalue weighted by molar-refractivity contribution is 0.0934. The number of hydrogen-bond acceptors (Lipinski definition) is 3. The first-order valence-electron chi connectivity index (χ1n) is 8.43. The highest BCUT2D eigenvalue weighted by molar-refractivity contribution is 7.80. The van der Waals surface area contributed by atoms with Gasteiger partial charge in [-0.25, -0.2) is 0 Å². The Labute approximate surface area is 184 Å². The minimum Gasteiger partial charge on any atom is -0.494 e. The van der Waals surface area contributed by atoms with Crippen LogP contribution in [0.2, 0.25) is 0 Å². The van der Waals surface area contributed by atoms with Gasteiger partial charge in [-0.1, -0.05) is 52.5 Å². The largest absolute Gasteiger partial charge is 0.494 e. The minimum absolute atomic E-state index is 0.185. The van der Waals surface area contributed by atoms with E-state index in [0.29, 0.717) is 17.9 Å². The molecule has 0 saturated carbocycles. The van der Waals surface area contributed by atoms with E-state index < -0.39 is 15.9 Å². The van der Waals surface area contributed by atoms with Gasteiger partial charge in [0.1, 0.15) is 11.9 Å². The first-order chi connectivity index (χ1) is 13.2. The second-order valence-electron chi connectivity index (χ2n) is 5.87. The summed E-state index contributed by atoms with van der Waals surface area (Å²) in [5, 5.41) is 8.62. The van der Waals surface area contributed by atoms with Crippen molar-refractivity contribution in [1.82, 2.24) is 10.6 Å². The normalized spacial score (nSPS) is 12.0. The fourth-order valence-corrected chi connectivity index (χ4v) is 2.78. The molecule has 0 spiro atoms. The van der Waals surface area contributed by atoms with Gasteiger partial charge in [0, 0.05) is 11.3 Å². The van der Waals surface area contributed by atoms with Crippen molar-refractivity contribution in [3.8, 4) is 5.75 Å². The average Bonchev–Trinajstić information content (AvgIpc) is 2.62. The number of thiocarbonyl (C=S) groups is 1. The number of anilines is 1. The topological polar surface area (TPSA) is 62.4 Å². The fourth-order valence-electron chi connectivity index (χ4n) is 2.22. The molecule has 0 aliphatic rings. The van der Waals surface area contributed by atoms with Crippen LogP contribution >= 0.6 is 47.0 Å². The number of nitrogens with one attached hydrogen (secondary N) is 3. The quantitative estimate of drug-likeness (QED) is 0.328. The molecule has 0 heterocycles. The lowest BCUT2D eigenvalue weighted by Gasteiger charge is -2.27. The van der Waals surface area contributed by atoms with Crippen LogP contribution in [0, 0.1) is 6.92 Å². The number of benzene rings is 2. The van der Waals surface area contributed by atoms with Crippen molar-refractivity contribution in [1.29, 1.82) is 0 Å². The van der Waals surface area contributed by atoms with Gasteiger partial charge >= 0.3 is 0 Å². The van der Waals surface area contributed by atoms with Crippen molar-refractivity contribution in [2.24, 2.45) is 0 Å². The number of amides is 1. The smallest absolute Gasteiger partial charge is 0.252 e. The van der Waals surface area contributed by atoms with Crippen molar-refractivity contribution in [2.45, 2.75) is 23.8 Å². The lowest BCUT2D eigenvalue weighted by Crippen LogP contribution is -2.56. The van der Waals surface area contributed by atoms with Crippen LogP contribution in [0.15, 0.2) is 48.5 Å². The van der Waals surface area contributed by atoms with Gasteiger partial charge in [-0.2, -0.15) is 0 Å². The first-order valence-corrected chi connectivity index (χ1v) is 9.98. The van der Waals surface area contributed by atoms with Gasteiger partial charge in [-0.15, -0.1) is 0 Å². The lowest BCUT2D eigenvalue weighted by atomic mass is 10.1. The summed E-state index contributed by atoms with van der Waals surface area (Å²) in [5.41, 5.74) is 2.19. The van der Waals surface area contributed by atoms with Crippen LogP contribution in [0.4, 0.5) is 5.69 Å². The van der Waals surface area contributed by atoms with E-state index in [1.165, 1.54) is 0 Å². The molecule has 9 heteroatoms.